The van der Waals surface area contributed by atoms with Crippen molar-refractivity contribution >= 4 is 17.8 Å². The zero-order valence-electron chi connectivity index (χ0n) is 12.3. The lowest BCUT2D eigenvalue weighted by Crippen LogP contribution is -2.43. The van der Waals surface area contributed by atoms with E-state index in [4.69, 9.17) is 10.8 Å². The van der Waals surface area contributed by atoms with Gasteiger partial charge in [-0.15, -0.1) is 0 Å². The number of carboxylic acids is 1. The van der Waals surface area contributed by atoms with Crippen molar-refractivity contribution in [3.8, 4) is 0 Å². The zero-order chi connectivity index (χ0) is 16.2. The summed E-state index contributed by atoms with van der Waals surface area (Å²) in [4.78, 5) is 34.2. The summed E-state index contributed by atoms with van der Waals surface area (Å²) in [7, 11) is 0. The third kappa shape index (κ3) is 4.59. The van der Waals surface area contributed by atoms with Crippen LogP contribution in [0.4, 0.5) is 0 Å². The largest absolute Gasteiger partial charge is 0.480 e. The molecule has 0 bridgehead atoms. The molecular weight excluding hydrogens is 272 g/mol. The molecule has 1 aromatic rings. The van der Waals surface area contributed by atoms with E-state index in [0.717, 1.165) is 5.56 Å². The van der Waals surface area contributed by atoms with E-state index in [1.807, 2.05) is 32.9 Å². The van der Waals surface area contributed by atoms with E-state index in [9.17, 15) is 14.4 Å². The molecule has 21 heavy (non-hydrogen) atoms. The van der Waals surface area contributed by atoms with Crippen LogP contribution in [-0.2, 0) is 15.0 Å². The molecule has 0 radical (unpaired) electrons. The Hall–Kier alpha value is -2.37. The summed E-state index contributed by atoms with van der Waals surface area (Å²) in [5.41, 5.74) is 5.91. The molecular formula is C15H20N2O4. The van der Waals surface area contributed by atoms with Crippen molar-refractivity contribution in [2.45, 2.75) is 38.6 Å². The van der Waals surface area contributed by atoms with Crippen LogP contribution in [-0.4, -0.2) is 28.9 Å². The monoisotopic (exact) mass is 292 g/mol. The first kappa shape index (κ1) is 16.7. The van der Waals surface area contributed by atoms with Gasteiger partial charge < -0.3 is 16.2 Å². The third-order valence-corrected chi connectivity index (χ3v) is 2.99. The molecule has 0 spiro atoms. The van der Waals surface area contributed by atoms with Gasteiger partial charge in [0.15, 0.2) is 0 Å². The first-order valence-corrected chi connectivity index (χ1v) is 6.54. The van der Waals surface area contributed by atoms with Crippen LogP contribution in [0.2, 0.25) is 0 Å². The normalized spacial score (nSPS) is 12.5. The van der Waals surface area contributed by atoms with Crippen molar-refractivity contribution < 1.29 is 19.5 Å². The van der Waals surface area contributed by atoms with Crippen LogP contribution in [0.1, 0.15) is 43.1 Å². The lowest BCUT2D eigenvalue weighted by molar-refractivity contribution is -0.140. The summed E-state index contributed by atoms with van der Waals surface area (Å²) in [6.45, 7) is 5.87. The van der Waals surface area contributed by atoms with Gasteiger partial charge in [0.05, 0.1) is 6.42 Å². The van der Waals surface area contributed by atoms with Gasteiger partial charge in [-0.1, -0.05) is 39.0 Å². The number of carbonyl (C=O) groups is 3. The van der Waals surface area contributed by atoms with Crippen molar-refractivity contribution in [1.29, 1.82) is 0 Å². The number of aliphatic carboxylic acids is 1. The second kappa shape index (κ2) is 6.39. The molecule has 4 N–H and O–H groups in total. The lowest BCUT2D eigenvalue weighted by atomic mass is 9.83. The van der Waals surface area contributed by atoms with E-state index in [-0.39, 0.29) is 5.41 Å². The maximum Gasteiger partial charge on any atom is 0.326 e. The minimum absolute atomic E-state index is 0.268. The molecule has 0 heterocycles. The van der Waals surface area contributed by atoms with Crippen LogP contribution < -0.4 is 11.1 Å². The Balaban J connectivity index is 3.04. The maximum absolute atomic E-state index is 12.3. The number of primary amides is 1. The molecule has 0 aliphatic carbocycles. The Labute approximate surface area is 123 Å². The number of rotatable bonds is 5. The summed E-state index contributed by atoms with van der Waals surface area (Å²) >= 11 is 0. The molecule has 1 atom stereocenters. The molecule has 6 nitrogen and oxygen atoms in total. The van der Waals surface area contributed by atoms with Crippen LogP contribution in [0.15, 0.2) is 24.3 Å². The highest BCUT2D eigenvalue weighted by molar-refractivity contribution is 5.99. The quantitative estimate of drug-likeness (QED) is 0.753. The summed E-state index contributed by atoms with van der Waals surface area (Å²) in [6, 6.07) is 5.63. The summed E-state index contributed by atoms with van der Waals surface area (Å²) in [5, 5.41) is 11.4. The number of carboxylic acid groups (broad SMARTS) is 1. The Morgan fingerprint density at radius 3 is 2.29 bits per heavy atom. The van der Waals surface area contributed by atoms with E-state index in [1.54, 1.807) is 12.1 Å². The first-order chi connectivity index (χ1) is 9.62. The van der Waals surface area contributed by atoms with Crippen molar-refractivity contribution in [2.24, 2.45) is 5.73 Å². The fourth-order valence-electron chi connectivity index (χ4n) is 1.97. The Bertz CT molecular complexity index is 561. The molecule has 0 fully saturated rings. The Morgan fingerprint density at radius 1 is 1.24 bits per heavy atom. The molecule has 6 heteroatoms. The van der Waals surface area contributed by atoms with Crippen LogP contribution in [0.3, 0.4) is 0 Å². The van der Waals surface area contributed by atoms with Gasteiger partial charge in [0.25, 0.3) is 5.91 Å². The number of nitrogens with one attached hydrogen (secondary N) is 1. The predicted octanol–water partition coefficient (Wildman–Crippen LogP) is 1.04. The number of hydrogen-bond acceptors (Lipinski definition) is 3. The fraction of sp³-hybridized carbons (Fsp3) is 0.400. The highest BCUT2D eigenvalue weighted by atomic mass is 16.4. The topological polar surface area (TPSA) is 109 Å². The van der Waals surface area contributed by atoms with Gasteiger partial charge >= 0.3 is 5.97 Å². The number of nitrogens with two attached hydrogens (primary N) is 1. The molecule has 1 aromatic carbocycles. The molecule has 0 aromatic heterocycles. The van der Waals surface area contributed by atoms with E-state index < -0.39 is 30.2 Å². The van der Waals surface area contributed by atoms with Gasteiger partial charge in [0, 0.05) is 5.56 Å². The van der Waals surface area contributed by atoms with Crippen LogP contribution in [0, 0.1) is 0 Å². The molecule has 0 aliphatic heterocycles. The summed E-state index contributed by atoms with van der Waals surface area (Å²) in [5.74, 6) is -2.61. The molecule has 114 valence electrons. The van der Waals surface area contributed by atoms with Crippen molar-refractivity contribution in [3.63, 3.8) is 0 Å². The molecule has 2 amide bonds. The summed E-state index contributed by atoms with van der Waals surface area (Å²) < 4.78 is 0. The smallest absolute Gasteiger partial charge is 0.326 e. The van der Waals surface area contributed by atoms with Crippen LogP contribution in [0.25, 0.3) is 0 Å². The maximum atomic E-state index is 12.3. The van der Waals surface area contributed by atoms with E-state index in [0.29, 0.717) is 5.56 Å². The minimum Gasteiger partial charge on any atom is -0.480 e. The molecule has 1 rings (SSSR count). The molecule has 0 saturated heterocycles. The lowest BCUT2D eigenvalue weighted by Gasteiger charge is -2.23. The highest BCUT2D eigenvalue weighted by Crippen LogP contribution is 2.25. The van der Waals surface area contributed by atoms with Gasteiger partial charge in [-0.25, -0.2) is 4.79 Å². The second-order valence-corrected chi connectivity index (χ2v) is 5.83. The molecule has 0 aliphatic rings. The van der Waals surface area contributed by atoms with E-state index >= 15 is 0 Å². The Kier molecular flexibility index (Phi) is 5.07. The molecule has 0 unspecified atom stereocenters. The second-order valence-electron chi connectivity index (χ2n) is 5.83. The van der Waals surface area contributed by atoms with Crippen LogP contribution in [0.5, 0.6) is 0 Å². The van der Waals surface area contributed by atoms with Gasteiger partial charge in [-0.3, -0.25) is 9.59 Å². The van der Waals surface area contributed by atoms with E-state index in [1.165, 1.54) is 0 Å². The average molecular weight is 292 g/mol. The zero-order valence-corrected chi connectivity index (χ0v) is 12.3. The number of amides is 2. The highest BCUT2D eigenvalue weighted by Gasteiger charge is 2.26. The predicted molar refractivity (Wildman–Crippen MR) is 77.8 cm³/mol. The Morgan fingerprint density at radius 2 is 1.81 bits per heavy atom. The number of hydrogen-bond donors (Lipinski definition) is 3. The van der Waals surface area contributed by atoms with Gasteiger partial charge in [0.2, 0.25) is 5.91 Å². The number of benzene rings is 1. The molecule has 0 saturated carbocycles. The SMILES string of the molecule is CC(C)(C)c1ccccc1C(=O)N[C@H](CC(N)=O)C(=O)O. The van der Waals surface area contributed by atoms with Crippen molar-refractivity contribution in [3.05, 3.63) is 35.4 Å². The third-order valence-electron chi connectivity index (χ3n) is 2.99. The van der Waals surface area contributed by atoms with Crippen molar-refractivity contribution in [1.82, 2.24) is 5.32 Å². The number of carbonyl (C=O) groups excluding carboxylic acids is 2. The van der Waals surface area contributed by atoms with Crippen LogP contribution >= 0.6 is 0 Å². The first-order valence-electron chi connectivity index (χ1n) is 6.54. The minimum atomic E-state index is -1.33. The van der Waals surface area contributed by atoms with Crippen molar-refractivity contribution in [2.75, 3.05) is 0 Å². The van der Waals surface area contributed by atoms with Gasteiger partial charge in [0.1, 0.15) is 6.04 Å². The summed E-state index contributed by atoms with van der Waals surface area (Å²) in [6.07, 6.45) is -0.446. The average Bonchev–Trinajstić information content (AvgIpc) is 2.36. The van der Waals surface area contributed by atoms with E-state index in [2.05, 4.69) is 5.32 Å². The van der Waals surface area contributed by atoms with Gasteiger partial charge in [-0.05, 0) is 17.0 Å². The standard InChI is InChI=1S/C15H20N2O4/c1-15(2,3)10-7-5-4-6-9(10)13(19)17-11(14(20)21)8-12(16)18/h4-7,11H,8H2,1-3H3,(H2,16,18)(H,17,19)(H,20,21)/t11-/m1/s1. The van der Waals surface area contributed by atoms with Gasteiger partial charge in [-0.2, -0.15) is 0 Å². The fourth-order valence-corrected chi connectivity index (χ4v) is 1.97.